The van der Waals surface area contributed by atoms with Crippen LogP contribution in [0.5, 0.6) is 0 Å². The Morgan fingerprint density at radius 3 is 1.71 bits per heavy atom. The maximum atomic E-state index is 13.2. The molecule has 0 aliphatic carbocycles. The van der Waals surface area contributed by atoms with Gasteiger partial charge in [-0.15, -0.1) is 0 Å². The molecule has 1 fully saturated rings. The second-order valence-corrected chi connectivity index (χ2v) is 11.7. The number of amides is 5. The number of likely N-dealkylation sites (tertiary alicyclic amines) is 1. The number of carboxylic acids is 1. The standard InChI is InChI=1S/C27H48N6O8/c1-12(2)18(28)23(36)32-21(16(8)34)25(38)30-19(13(3)4)24(37)29-15(7)26(39)33-11-9-10-17(33)22(35)31-20(14(5)6)27(40)41/h12-21,34H,9-11,28H2,1-8H3,(H,29,37)(H,30,38)(H,31,35)(H,32,36)(H,40,41)/t15-,16+,17-,18-,19-,20-,21-/m0/s1. The summed E-state index contributed by atoms with van der Waals surface area (Å²) in [5, 5.41) is 29.6. The highest BCUT2D eigenvalue weighted by atomic mass is 16.4. The summed E-state index contributed by atoms with van der Waals surface area (Å²) >= 11 is 0. The number of aliphatic carboxylic acids is 1. The van der Waals surface area contributed by atoms with E-state index in [4.69, 9.17) is 5.73 Å². The molecule has 7 atom stereocenters. The monoisotopic (exact) mass is 584 g/mol. The lowest BCUT2D eigenvalue weighted by Crippen LogP contribution is -2.61. The zero-order chi connectivity index (χ0) is 31.8. The van der Waals surface area contributed by atoms with Gasteiger partial charge >= 0.3 is 5.97 Å². The maximum absolute atomic E-state index is 13.2. The Morgan fingerprint density at radius 2 is 1.24 bits per heavy atom. The highest BCUT2D eigenvalue weighted by Gasteiger charge is 2.39. The predicted octanol–water partition coefficient (Wildman–Crippen LogP) is -1.30. The maximum Gasteiger partial charge on any atom is 0.326 e. The molecule has 0 bridgehead atoms. The molecule has 0 aromatic carbocycles. The summed E-state index contributed by atoms with van der Waals surface area (Å²) in [4.78, 5) is 77.5. The molecule has 0 aromatic heterocycles. The van der Waals surface area contributed by atoms with Crippen LogP contribution in [0.4, 0.5) is 0 Å². The molecular formula is C27H48N6O8. The fraction of sp³-hybridized carbons (Fsp3) is 0.778. The number of aliphatic hydroxyl groups is 1. The van der Waals surface area contributed by atoms with Crippen molar-refractivity contribution in [2.75, 3.05) is 6.54 Å². The van der Waals surface area contributed by atoms with E-state index in [0.717, 1.165) is 0 Å². The van der Waals surface area contributed by atoms with E-state index in [0.29, 0.717) is 12.8 Å². The van der Waals surface area contributed by atoms with Crippen LogP contribution in [0, 0.1) is 17.8 Å². The highest BCUT2D eigenvalue weighted by Crippen LogP contribution is 2.19. The van der Waals surface area contributed by atoms with E-state index < -0.39 is 83.8 Å². The van der Waals surface area contributed by atoms with Gasteiger partial charge in [-0.2, -0.15) is 0 Å². The molecule has 1 heterocycles. The average molecular weight is 585 g/mol. The van der Waals surface area contributed by atoms with Gasteiger partial charge in [-0.25, -0.2) is 4.79 Å². The van der Waals surface area contributed by atoms with Crippen molar-refractivity contribution in [3.8, 4) is 0 Å². The topological polar surface area (TPSA) is 220 Å². The van der Waals surface area contributed by atoms with Crippen molar-refractivity contribution in [3.05, 3.63) is 0 Å². The Hall–Kier alpha value is -3.26. The molecule has 0 aromatic rings. The van der Waals surface area contributed by atoms with Crippen molar-refractivity contribution in [1.29, 1.82) is 0 Å². The number of rotatable bonds is 14. The first-order valence-electron chi connectivity index (χ1n) is 14.1. The van der Waals surface area contributed by atoms with Crippen molar-refractivity contribution < 1.29 is 39.0 Å². The molecule has 0 saturated carbocycles. The van der Waals surface area contributed by atoms with Gasteiger partial charge in [0, 0.05) is 6.54 Å². The van der Waals surface area contributed by atoms with E-state index >= 15 is 0 Å². The molecule has 1 aliphatic rings. The summed E-state index contributed by atoms with van der Waals surface area (Å²) < 4.78 is 0. The molecule has 1 aliphatic heterocycles. The molecule has 41 heavy (non-hydrogen) atoms. The summed E-state index contributed by atoms with van der Waals surface area (Å²) in [6.07, 6.45) is -0.411. The van der Waals surface area contributed by atoms with Gasteiger partial charge in [0.2, 0.25) is 29.5 Å². The minimum Gasteiger partial charge on any atom is -0.480 e. The van der Waals surface area contributed by atoms with Crippen molar-refractivity contribution in [3.63, 3.8) is 0 Å². The third kappa shape index (κ3) is 9.95. The number of hydrogen-bond acceptors (Lipinski definition) is 8. The van der Waals surface area contributed by atoms with Gasteiger partial charge in [-0.3, -0.25) is 24.0 Å². The number of nitrogens with one attached hydrogen (secondary N) is 4. The zero-order valence-corrected chi connectivity index (χ0v) is 25.3. The largest absolute Gasteiger partial charge is 0.480 e. The summed E-state index contributed by atoms with van der Waals surface area (Å²) in [6.45, 7) is 13.2. The predicted molar refractivity (Wildman–Crippen MR) is 150 cm³/mol. The number of carboxylic acid groups (broad SMARTS) is 1. The van der Waals surface area contributed by atoms with Gasteiger partial charge in [-0.1, -0.05) is 41.5 Å². The van der Waals surface area contributed by atoms with Gasteiger partial charge in [0.25, 0.3) is 0 Å². The molecule has 5 amide bonds. The number of carbonyl (C=O) groups excluding carboxylic acids is 5. The number of aliphatic hydroxyl groups excluding tert-OH is 1. The Balaban J connectivity index is 2.94. The van der Waals surface area contributed by atoms with Crippen LogP contribution in [0.15, 0.2) is 0 Å². The zero-order valence-electron chi connectivity index (χ0n) is 25.3. The summed E-state index contributed by atoms with van der Waals surface area (Å²) in [7, 11) is 0. The second-order valence-electron chi connectivity index (χ2n) is 11.7. The van der Waals surface area contributed by atoms with Crippen LogP contribution in [-0.2, 0) is 28.8 Å². The average Bonchev–Trinajstić information content (AvgIpc) is 3.36. The molecule has 1 saturated heterocycles. The van der Waals surface area contributed by atoms with Crippen LogP contribution in [0.1, 0.15) is 68.2 Å². The van der Waals surface area contributed by atoms with Crippen LogP contribution in [0.25, 0.3) is 0 Å². The van der Waals surface area contributed by atoms with Crippen molar-refractivity contribution >= 4 is 35.5 Å². The molecule has 234 valence electrons. The number of nitrogens with zero attached hydrogens (tertiary/aromatic N) is 1. The third-order valence-electron chi connectivity index (χ3n) is 7.13. The van der Waals surface area contributed by atoms with Gasteiger partial charge < -0.3 is 42.1 Å². The molecule has 0 radical (unpaired) electrons. The van der Waals surface area contributed by atoms with E-state index in [-0.39, 0.29) is 18.4 Å². The van der Waals surface area contributed by atoms with E-state index in [2.05, 4.69) is 21.3 Å². The van der Waals surface area contributed by atoms with E-state index in [1.165, 1.54) is 18.7 Å². The molecule has 0 spiro atoms. The summed E-state index contributed by atoms with van der Waals surface area (Å²) in [5.74, 6) is -5.39. The minimum atomic E-state index is -1.37. The Kier molecular flexibility index (Phi) is 13.7. The van der Waals surface area contributed by atoms with Gasteiger partial charge in [0.05, 0.1) is 12.1 Å². The first-order chi connectivity index (χ1) is 18.9. The van der Waals surface area contributed by atoms with Crippen molar-refractivity contribution in [2.24, 2.45) is 23.5 Å². The fourth-order valence-electron chi connectivity index (χ4n) is 4.42. The van der Waals surface area contributed by atoms with Gasteiger partial charge in [0.1, 0.15) is 30.2 Å². The lowest BCUT2D eigenvalue weighted by molar-refractivity contribution is -0.145. The Labute approximate surface area is 241 Å². The van der Waals surface area contributed by atoms with E-state index in [1.807, 2.05) is 0 Å². The molecular weight excluding hydrogens is 536 g/mol. The summed E-state index contributed by atoms with van der Waals surface area (Å²) in [6, 6.07) is -6.44. The molecule has 14 nitrogen and oxygen atoms in total. The highest BCUT2D eigenvalue weighted by molar-refractivity contribution is 5.96. The van der Waals surface area contributed by atoms with Crippen LogP contribution in [0.2, 0.25) is 0 Å². The van der Waals surface area contributed by atoms with E-state index in [1.54, 1.807) is 41.5 Å². The van der Waals surface area contributed by atoms with Crippen LogP contribution >= 0.6 is 0 Å². The Morgan fingerprint density at radius 1 is 0.732 bits per heavy atom. The van der Waals surface area contributed by atoms with E-state index in [9.17, 15) is 39.0 Å². The van der Waals surface area contributed by atoms with Gasteiger partial charge in [-0.05, 0) is 44.4 Å². The lowest BCUT2D eigenvalue weighted by atomic mass is 10.0. The van der Waals surface area contributed by atoms with Crippen LogP contribution in [-0.4, -0.2) is 99.5 Å². The SMILES string of the molecule is CC(C)[C@H](N)C(=O)N[C@H](C(=O)N[C@H](C(=O)N[C@@H](C)C(=O)N1CCC[C@H]1C(=O)N[C@H](C(=O)O)C(C)C)C(C)C)[C@@H](C)O. The van der Waals surface area contributed by atoms with Gasteiger partial charge in [0.15, 0.2) is 0 Å². The van der Waals surface area contributed by atoms with Crippen LogP contribution < -0.4 is 27.0 Å². The minimum absolute atomic E-state index is 0.212. The molecule has 0 unspecified atom stereocenters. The first-order valence-corrected chi connectivity index (χ1v) is 14.1. The Bertz CT molecular complexity index is 969. The second kappa shape index (κ2) is 15.7. The normalized spacial score (nSPS) is 19.6. The number of nitrogens with two attached hydrogens (primary N) is 1. The smallest absolute Gasteiger partial charge is 0.326 e. The lowest BCUT2D eigenvalue weighted by Gasteiger charge is -2.30. The fourth-order valence-corrected chi connectivity index (χ4v) is 4.42. The van der Waals surface area contributed by atoms with Crippen molar-refractivity contribution in [2.45, 2.75) is 111 Å². The van der Waals surface area contributed by atoms with Crippen molar-refractivity contribution in [1.82, 2.24) is 26.2 Å². The molecule has 14 heteroatoms. The third-order valence-corrected chi connectivity index (χ3v) is 7.13. The molecule has 8 N–H and O–H groups in total. The summed E-state index contributed by atoms with van der Waals surface area (Å²) in [5.41, 5.74) is 5.84. The van der Waals surface area contributed by atoms with Crippen LogP contribution in [0.3, 0.4) is 0 Å². The quantitative estimate of drug-likeness (QED) is 0.129. The molecule has 1 rings (SSSR count). The first kappa shape index (κ1) is 35.8. The number of carbonyl (C=O) groups is 6. The number of hydrogen-bond donors (Lipinski definition) is 7.